The number of hydrogen-bond donors (Lipinski definition) is 2. The summed E-state index contributed by atoms with van der Waals surface area (Å²) < 4.78 is 0. The Balaban J connectivity index is 0.00000243. The first-order chi connectivity index (χ1) is 12.0. The van der Waals surface area contributed by atoms with Crippen LogP contribution in [-0.4, -0.2) is 47.5 Å². The standard InChI is InChI=1S/C18H26N4O2S.ClH/c1-11-12(2)25-18-16(11)17(24)20-14(21-18)4-5-15(23)22-8-6-13(7-9-22)10-19-3;/h13,19H,4-10H2,1-3H3,(H,20,21,24);1H. The maximum atomic E-state index is 12.4. The number of fused-ring (bicyclic) bond motifs is 1. The van der Waals surface area contributed by atoms with Crippen molar-refractivity contribution in [2.24, 2.45) is 5.92 Å². The first-order valence-corrected chi connectivity index (χ1v) is 9.72. The molecule has 0 unspecified atom stereocenters. The molecule has 1 amide bonds. The molecule has 1 saturated heterocycles. The number of carbonyl (C=O) groups excluding carboxylic acids is 1. The van der Waals surface area contributed by atoms with Gasteiger partial charge in [0.2, 0.25) is 5.91 Å². The van der Waals surface area contributed by atoms with Gasteiger partial charge in [0.25, 0.3) is 5.56 Å². The van der Waals surface area contributed by atoms with E-state index in [2.05, 4.69) is 15.3 Å². The lowest BCUT2D eigenvalue weighted by Crippen LogP contribution is -2.40. The monoisotopic (exact) mass is 398 g/mol. The molecule has 6 nitrogen and oxygen atoms in total. The third kappa shape index (κ3) is 4.45. The maximum Gasteiger partial charge on any atom is 0.259 e. The van der Waals surface area contributed by atoms with Crippen LogP contribution in [-0.2, 0) is 11.2 Å². The van der Waals surface area contributed by atoms with E-state index in [1.807, 2.05) is 25.8 Å². The smallest absolute Gasteiger partial charge is 0.259 e. The minimum Gasteiger partial charge on any atom is -0.343 e. The Labute approximate surface area is 163 Å². The summed E-state index contributed by atoms with van der Waals surface area (Å²) >= 11 is 1.54. The van der Waals surface area contributed by atoms with Gasteiger partial charge in [0, 0.05) is 30.8 Å². The van der Waals surface area contributed by atoms with Crippen molar-refractivity contribution >= 4 is 39.9 Å². The van der Waals surface area contributed by atoms with E-state index in [9.17, 15) is 9.59 Å². The van der Waals surface area contributed by atoms with Crippen molar-refractivity contribution in [2.75, 3.05) is 26.7 Å². The topological polar surface area (TPSA) is 78.1 Å². The second-order valence-corrected chi connectivity index (χ2v) is 8.06. The SMILES string of the molecule is CNCC1CCN(C(=O)CCc2nc3sc(C)c(C)c3c(=O)[nH]2)CC1.Cl. The zero-order valence-electron chi connectivity index (χ0n) is 15.6. The van der Waals surface area contributed by atoms with Crippen LogP contribution in [0.3, 0.4) is 0 Å². The van der Waals surface area contributed by atoms with Gasteiger partial charge in [-0.2, -0.15) is 0 Å². The Morgan fingerprint density at radius 1 is 1.35 bits per heavy atom. The van der Waals surface area contributed by atoms with Crippen LogP contribution in [0.25, 0.3) is 10.2 Å². The lowest BCUT2D eigenvalue weighted by Gasteiger charge is -2.32. The number of halogens is 1. The molecule has 0 aromatic carbocycles. The number of aromatic amines is 1. The van der Waals surface area contributed by atoms with Crippen molar-refractivity contribution in [2.45, 2.75) is 39.5 Å². The molecule has 1 fully saturated rings. The number of nitrogens with zero attached hydrogens (tertiary/aromatic N) is 2. The van der Waals surface area contributed by atoms with Gasteiger partial charge >= 0.3 is 0 Å². The first-order valence-electron chi connectivity index (χ1n) is 8.91. The summed E-state index contributed by atoms with van der Waals surface area (Å²) in [5.41, 5.74) is 0.906. The largest absolute Gasteiger partial charge is 0.343 e. The van der Waals surface area contributed by atoms with Crippen LogP contribution in [0.15, 0.2) is 4.79 Å². The molecule has 0 atom stereocenters. The van der Waals surface area contributed by atoms with Crippen molar-refractivity contribution in [1.82, 2.24) is 20.2 Å². The van der Waals surface area contributed by atoms with E-state index < -0.39 is 0 Å². The van der Waals surface area contributed by atoms with Crippen LogP contribution in [0.2, 0.25) is 0 Å². The summed E-state index contributed by atoms with van der Waals surface area (Å²) in [6.45, 7) is 6.63. The molecule has 0 bridgehead atoms. The van der Waals surface area contributed by atoms with E-state index in [-0.39, 0.29) is 23.9 Å². The fraction of sp³-hybridized carbons (Fsp3) is 0.611. The molecule has 1 aliphatic heterocycles. The lowest BCUT2D eigenvalue weighted by molar-refractivity contribution is -0.132. The van der Waals surface area contributed by atoms with E-state index in [1.165, 1.54) is 0 Å². The first kappa shape index (κ1) is 20.9. The molecule has 0 radical (unpaired) electrons. The van der Waals surface area contributed by atoms with Gasteiger partial charge in [-0.15, -0.1) is 23.7 Å². The van der Waals surface area contributed by atoms with Gasteiger partial charge in [0.05, 0.1) is 5.39 Å². The fourth-order valence-corrected chi connectivity index (χ4v) is 4.53. The number of aryl methyl sites for hydroxylation is 3. The third-order valence-corrected chi connectivity index (χ3v) is 6.22. The highest BCUT2D eigenvalue weighted by Gasteiger charge is 2.22. The van der Waals surface area contributed by atoms with Crippen LogP contribution in [0.5, 0.6) is 0 Å². The second kappa shape index (κ2) is 8.97. The Bertz CT molecular complexity index is 824. The molecule has 2 N–H and O–H groups in total. The Kier molecular flexibility index (Phi) is 7.20. The van der Waals surface area contributed by atoms with Crippen molar-refractivity contribution in [3.05, 3.63) is 26.6 Å². The lowest BCUT2D eigenvalue weighted by atomic mass is 9.96. The van der Waals surface area contributed by atoms with E-state index in [0.717, 1.165) is 47.7 Å². The molecule has 8 heteroatoms. The molecule has 3 heterocycles. The minimum absolute atomic E-state index is 0. The number of likely N-dealkylation sites (tertiary alicyclic amines) is 1. The maximum absolute atomic E-state index is 12.4. The minimum atomic E-state index is -0.0952. The number of amides is 1. The summed E-state index contributed by atoms with van der Waals surface area (Å²) in [5, 5.41) is 3.89. The molecule has 0 aliphatic carbocycles. The molecule has 26 heavy (non-hydrogen) atoms. The zero-order chi connectivity index (χ0) is 18.0. The molecule has 0 spiro atoms. The summed E-state index contributed by atoms with van der Waals surface area (Å²) in [6.07, 6.45) is 2.99. The molecule has 0 saturated carbocycles. The molecule has 3 rings (SSSR count). The number of rotatable bonds is 5. The highest BCUT2D eigenvalue weighted by atomic mass is 35.5. The predicted octanol–water partition coefficient (Wildman–Crippen LogP) is 2.41. The molecular formula is C18H27ClN4O2S. The van der Waals surface area contributed by atoms with E-state index in [0.29, 0.717) is 30.0 Å². The summed E-state index contributed by atoms with van der Waals surface area (Å²) in [4.78, 5) is 36.0. The zero-order valence-corrected chi connectivity index (χ0v) is 17.2. The molecule has 1 aliphatic rings. The summed E-state index contributed by atoms with van der Waals surface area (Å²) in [7, 11) is 1.97. The number of thiophene rings is 1. The van der Waals surface area contributed by atoms with E-state index in [4.69, 9.17) is 0 Å². The van der Waals surface area contributed by atoms with Crippen molar-refractivity contribution in [3.8, 4) is 0 Å². The van der Waals surface area contributed by atoms with Gasteiger partial charge in [-0.25, -0.2) is 4.98 Å². The van der Waals surface area contributed by atoms with Crippen LogP contribution < -0.4 is 10.9 Å². The highest BCUT2D eigenvalue weighted by Crippen LogP contribution is 2.25. The number of hydrogen-bond acceptors (Lipinski definition) is 5. The molecule has 2 aromatic rings. The molecule has 2 aromatic heterocycles. The van der Waals surface area contributed by atoms with E-state index >= 15 is 0 Å². The quantitative estimate of drug-likeness (QED) is 0.810. The Morgan fingerprint density at radius 2 is 2.04 bits per heavy atom. The van der Waals surface area contributed by atoms with Crippen LogP contribution in [0, 0.1) is 19.8 Å². The fourth-order valence-electron chi connectivity index (χ4n) is 3.48. The summed E-state index contributed by atoms with van der Waals surface area (Å²) in [6, 6.07) is 0. The number of H-pyrrole nitrogens is 1. The van der Waals surface area contributed by atoms with Gasteiger partial charge in [-0.1, -0.05) is 0 Å². The van der Waals surface area contributed by atoms with Gasteiger partial charge in [-0.3, -0.25) is 9.59 Å². The Morgan fingerprint density at radius 3 is 2.69 bits per heavy atom. The number of piperidine rings is 1. The van der Waals surface area contributed by atoms with Crippen LogP contribution in [0.4, 0.5) is 0 Å². The molecule has 144 valence electrons. The number of aromatic nitrogens is 2. The average Bonchev–Trinajstić information content (AvgIpc) is 2.88. The Hall–Kier alpha value is -1.44. The predicted molar refractivity (Wildman–Crippen MR) is 109 cm³/mol. The molecular weight excluding hydrogens is 372 g/mol. The average molecular weight is 399 g/mol. The van der Waals surface area contributed by atoms with Crippen molar-refractivity contribution < 1.29 is 4.79 Å². The van der Waals surface area contributed by atoms with Gasteiger partial charge in [0.1, 0.15) is 10.7 Å². The van der Waals surface area contributed by atoms with Gasteiger partial charge in [-0.05, 0) is 51.8 Å². The summed E-state index contributed by atoms with van der Waals surface area (Å²) in [5.74, 6) is 1.43. The second-order valence-electron chi connectivity index (χ2n) is 6.86. The highest BCUT2D eigenvalue weighted by molar-refractivity contribution is 7.18. The van der Waals surface area contributed by atoms with Gasteiger partial charge in [0.15, 0.2) is 0 Å². The van der Waals surface area contributed by atoms with Crippen LogP contribution in [0.1, 0.15) is 35.5 Å². The van der Waals surface area contributed by atoms with Crippen molar-refractivity contribution in [1.29, 1.82) is 0 Å². The third-order valence-electron chi connectivity index (χ3n) is 5.12. The number of nitrogens with one attached hydrogen (secondary N) is 2. The van der Waals surface area contributed by atoms with Crippen molar-refractivity contribution in [3.63, 3.8) is 0 Å². The van der Waals surface area contributed by atoms with Gasteiger partial charge < -0.3 is 15.2 Å². The van der Waals surface area contributed by atoms with Crippen LogP contribution >= 0.6 is 23.7 Å². The van der Waals surface area contributed by atoms with E-state index in [1.54, 1.807) is 11.3 Å². The number of carbonyl (C=O) groups is 1. The normalized spacial score (nSPS) is 15.3.